The molecule has 1 saturated heterocycles. The summed E-state index contributed by atoms with van der Waals surface area (Å²) in [5.41, 5.74) is 0.668. The van der Waals surface area contributed by atoms with Crippen molar-refractivity contribution in [1.82, 2.24) is 5.32 Å². The van der Waals surface area contributed by atoms with Gasteiger partial charge in [0, 0.05) is 17.5 Å². The van der Waals surface area contributed by atoms with Gasteiger partial charge in [0.25, 0.3) is 0 Å². The van der Waals surface area contributed by atoms with Crippen molar-refractivity contribution < 1.29 is 4.79 Å². The Balaban J connectivity index is 1.97. The van der Waals surface area contributed by atoms with Gasteiger partial charge in [0.15, 0.2) is 5.78 Å². The Bertz CT molecular complexity index is 635. The highest BCUT2D eigenvalue weighted by Crippen LogP contribution is 2.35. The number of fused-ring (bicyclic) bond motifs is 1. The number of nitrogens with one attached hydrogen (secondary N) is 1. The number of piperidine rings is 1. The van der Waals surface area contributed by atoms with Crippen molar-refractivity contribution in [3.8, 4) is 0 Å². The average Bonchev–Trinajstić information content (AvgIpc) is 2.55. The van der Waals surface area contributed by atoms with Crippen LogP contribution in [-0.2, 0) is 0 Å². The maximum atomic E-state index is 13.1. The fourth-order valence-electron chi connectivity index (χ4n) is 3.60. The number of ketones is 1. The van der Waals surface area contributed by atoms with Gasteiger partial charge in [0.2, 0.25) is 0 Å². The summed E-state index contributed by atoms with van der Waals surface area (Å²) in [5.74, 6) is 0.322. The molecule has 0 aliphatic carbocycles. The molecule has 1 N–H and O–H groups in total. The van der Waals surface area contributed by atoms with E-state index in [9.17, 15) is 4.79 Å². The number of benzene rings is 2. The summed E-state index contributed by atoms with van der Waals surface area (Å²) in [4.78, 5) is 13.1. The van der Waals surface area contributed by atoms with Crippen LogP contribution in [0.15, 0.2) is 42.5 Å². The fourth-order valence-corrected chi connectivity index (χ4v) is 3.60. The lowest BCUT2D eigenvalue weighted by Gasteiger charge is -2.36. The van der Waals surface area contributed by atoms with E-state index in [-0.39, 0.29) is 5.41 Å². The third-order valence-electron chi connectivity index (χ3n) is 4.69. The first-order valence-electron chi connectivity index (χ1n) is 7.99. The van der Waals surface area contributed by atoms with Crippen LogP contribution in [0.2, 0.25) is 0 Å². The zero-order chi connectivity index (χ0) is 14.7. The zero-order valence-corrected chi connectivity index (χ0v) is 12.7. The predicted octanol–water partition coefficient (Wildman–Crippen LogP) is 4.19. The first kappa shape index (κ1) is 14.3. The Morgan fingerprint density at radius 3 is 2.71 bits per heavy atom. The van der Waals surface area contributed by atoms with Gasteiger partial charge in [-0.3, -0.25) is 4.79 Å². The normalized spacial score (nSPS) is 22.3. The molecule has 1 aliphatic rings. The molecule has 2 aromatic rings. The van der Waals surface area contributed by atoms with Crippen LogP contribution in [0.25, 0.3) is 10.8 Å². The average molecular weight is 281 g/mol. The van der Waals surface area contributed by atoms with Crippen LogP contribution < -0.4 is 5.32 Å². The molecule has 1 fully saturated rings. The summed E-state index contributed by atoms with van der Waals surface area (Å²) < 4.78 is 0. The first-order valence-corrected chi connectivity index (χ1v) is 7.99. The Labute approximate surface area is 126 Å². The van der Waals surface area contributed by atoms with E-state index in [4.69, 9.17) is 0 Å². The standard InChI is InChI=1S/C19H23NO/c1-2-10-19(11-5-12-20-14-19)18(21)17-9-8-15-6-3-4-7-16(15)13-17/h3-4,6-9,13,20H,2,5,10-12,14H2,1H3. The van der Waals surface area contributed by atoms with Gasteiger partial charge >= 0.3 is 0 Å². The van der Waals surface area contributed by atoms with Gasteiger partial charge in [0.05, 0.1) is 0 Å². The summed E-state index contributed by atoms with van der Waals surface area (Å²) in [7, 11) is 0. The van der Waals surface area contributed by atoms with Gasteiger partial charge in [-0.1, -0.05) is 49.7 Å². The van der Waals surface area contributed by atoms with Crippen molar-refractivity contribution >= 4 is 16.6 Å². The molecule has 0 aromatic heterocycles. The number of hydrogen-bond acceptors (Lipinski definition) is 2. The van der Waals surface area contributed by atoms with E-state index in [2.05, 4.69) is 36.5 Å². The minimum atomic E-state index is -0.199. The van der Waals surface area contributed by atoms with Gasteiger partial charge in [-0.15, -0.1) is 0 Å². The molecule has 1 unspecified atom stereocenters. The molecule has 1 atom stereocenters. The van der Waals surface area contributed by atoms with Gasteiger partial charge in [-0.2, -0.15) is 0 Å². The van der Waals surface area contributed by atoms with Gasteiger partial charge in [-0.05, 0) is 42.6 Å². The number of rotatable bonds is 4. The number of carbonyl (C=O) groups is 1. The van der Waals surface area contributed by atoms with E-state index < -0.39 is 0 Å². The summed E-state index contributed by atoms with van der Waals surface area (Å²) in [5, 5.41) is 5.77. The Hall–Kier alpha value is -1.67. The van der Waals surface area contributed by atoms with Gasteiger partial charge in [-0.25, -0.2) is 0 Å². The fraction of sp³-hybridized carbons (Fsp3) is 0.421. The Morgan fingerprint density at radius 1 is 1.19 bits per heavy atom. The number of hydrogen-bond donors (Lipinski definition) is 1. The zero-order valence-electron chi connectivity index (χ0n) is 12.7. The highest BCUT2D eigenvalue weighted by molar-refractivity contribution is 6.03. The maximum Gasteiger partial charge on any atom is 0.170 e. The number of carbonyl (C=O) groups excluding carboxylic acids is 1. The molecule has 0 saturated carbocycles. The summed E-state index contributed by atoms with van der Waals surface area (Å²) in [6, 6.07) is 14.4. The lowest BCUT2D eigenvalue weighted by molar-refractivity contribution is 0.0718. The van der Waals surface area contributed by atoms with Crippen LogP contribution in [0.4, 0.5) is 0 Å². The number of Topliss-reactive ketones (excluding diaryl/α,β-unsaturated/α-hetero) is 1. The largest absolute Gasteiger partial charge is 0.316 e. The topological polar surface area (TPSA) is 29.1 Å². The quantitative estimate of drug-likeness (QED) is 0.851. The third kappa shape index (κ3) is 2.73. The molecule has 2 nitrogen and oxygen atoms in total. The molecule has 21 heavy (non-hydrogen) atoms. The molecule has 0 bridgehead atoms. The van der Waals surface area contributed by atoms with Crippen LogP contribution in [0, 0.1) is 5.41 Å². The van der Waals surface area contributed by atoms with Crippen LogP contribution in [-0.4, -0.2) is 18.9 Å². The van der Waals surface area contributed by atoms with Crippen molar-refractivity contribution in [3.63, 3.8) is 0 Å². The molecule has 1 heterocycles. The highest BCUT2D eigenvalue weighted by atomic mass is 16.1. The molecule has 0 radical (unpaired) electrons. The van der Waals surface area contributed by atoms with Crippen molar-refractivity contribution in [2.45, 2.75) is 32.6 Å². The summed E-state index contributed by atoms with van der Waals surface area (Å²) >= 11 is 0. The lowest BCUT2D eigenvalue weighted by atomic mass is 9.71. The minimum absolute atomic E-state index is 0.199. The summed E-state index contributed by atoms with van der Waals surface area (Å²) in [6.07, 6.45) is 4.14. The minimum Gasteiger partial charge on any atom is -0.316 e. The van der Waals surface area contributed by atoms with Crippen molar-refractivity contribution in [3.05, 3.63) is 48.0 Å². The molecule has 110 valence electrons. The monoisotopic (exact) mass is 281 g/mol. The Kier molecular flexibility index (Phi) is 4.07. The first-order chi connectivity index (χ1) is 10.2. The van der Waals surface area contributed by atoms with E-state index in [1.54, 1.807) is 0 Å². The van der Waals surface area contributed by atoms with Gasteiger partial charge < -0.3 is 5.32 Å². The highest BCUT2D eigenvalue weighted by Gasteiger charge is 2.38. The molecule has 1 aliphatic heterocycles. The van der Waals surface area contributed by atoms with Crippen LogP contribution >= 0.6 is 0 Å². The van der Waals surface area contributed by atoms with E-state index in [0.717, 1.165) is 49.7 Å². The summed E-state index contributed by atoms with van der Waals surface area (Å²) in [6.45, 7) is 4.03. The molecule has 2 heteroatoms. The Morgan fingerprint density at radius 2 is 2.00 bits per heavy atom. The molecular formula is C19H23NO. The molecular weight excluding hydrogens is 258 g/mol. The van der Waals surface area contributed by atoms with Crippen molar-refractivity contribution in [2.75, 3.05) is 13.1 Å². The molecule has 0 spiro atoms. The van der Waals surface area contributed by atoms with Gasteiger partial charge in [0.1, 0.15) is 0 Å². The van der Waals surface area contributed by atoms with E-state index in [1.807, 2.05) is 18.2 Å². The van der Waals surface area contributed by atoms with E-state index in [0.29, 0.717) is 5.78 Å². The van der Waals surface area contributed by atoms with E-state index in [1.165, 1.54) is 5.39 Å². The lowest BCUT2D eigenvalue weighted by Crippen LogP contribution is -2.45. The second kappa shape index (κ2) is 5.98. The van der Waals surface area contributed by atoms with Crippen molar-refractivity contribution in [2.24, 2.45) is 5.41 Å². The second-order valence-electron chi connectivity index (χ2n) is 6.20. The van der Waals surface area contributed by atoms with Crippen LogP contribution in [0.3, 0.4) is 0 Å². The third-order valence-corrected chi connectivity index (χ3v) is 4.69. The predicted molar refractivity (Wildman–Crippen MR) is 87.7 cm³/mol. The maximum absolute atomic E-state index is 13.1. The second-order valence-corrected chi connectivity index (χ2v) is 6.20. The molecule has 0 amide bonds. The van der Waals surface area contributed by atoms with Crippen LogP contribution in [0.1, 0.15) is 43.0 Å². The SMILES string of the molecule is CCCC1(C(=O)c2ccc3ccccc3c2)CCCNC1. The van der Waals surface area contributed by atoms with E-state index >= 15 is 0 Å². The smallest absolute Gasteiger partial charge is 0.170 e. The van der Waals surface area contributed by atoms with Crippen LogP contribution in [0.5, 0.6) is 0 Å². The molecule has 2 aromatic carbocycles. The molecule has 3 rings (SSSR count). The van der Waals surface area contributed by atoms with Crippen molar-refractivity contribution in [1.29, 1.82) is 0 Å².